The summed E-state index contributed by atoms with van der Waals surface area (Å²) in [7, 11) is 3.77. The third kappa shape index (κ3) is 5.08. The summed E-state index contributed by atoms with van der Waals surface area (Å²) in [4.78, 5) is 34.1. The van der Waals surface area contributed by atoms with E-state index in [1.165, 1.54) is 0 Å². The molecule has 2 atom stereocenters. The highest BCUT2D eigenvalue weighted by Crippen LogP contribution is 2.18. The molecule has 0 spiro atoms. The van der Waals surface area contributed by atoms with Crippen molar-refractivity contribution >= 4 is 17.5 Å². The molecule has 0 saturated carbocycles. The van der Waals surface area contributed by atoms with Crippen LogP contribution in [0.3, 0.4) is 0 Å². The molecule has 1 N–H and O–H groups in total. The number of fused-ring (bicyclic) bond motifs is 1. The van der Waals surface area contributed by atoms with Crippen molar-refractivity contribution in [1.29, 1.82) is 0 Å². The largest absolute Gasteiger partial charge is 0.369 e. The van der Waals surface area contributed by atoms with E-state index in [-0.39, 0.29) is 23.9 Å². The molecule has 7 nitrogen and oxygen atoms in total. The molecule has 3 heterocycles. The second-order valence-corrected chi connectivity index (χ2v) is 8.70. The molecule has 2 amide bonds. The van der Waals surface area contributed by atoms with E-state index in [2.05, 4.69) is 22.4 Å². The Morgan fingerprint density at radius 1 is 1.27 bits per heavy atom. The summed E-state index contributed by atoms with van der Waals surface area (Å²) in [6, 6.07) is 11.9. The van der Waals surface area contributed by atoms with Gasteiger partial charge in [-0.15, -0.1) is 0 Å². The number of carbonyl (C=O) groups is 2. The predicted molar refractivity (Wildman–Crippen MR) is 129 cm³/mol. The smallest absolute Gasteiger partial charge is 0.255 e. The van der Waals surface area contributed by atoms with Crippen LogP contribution >= 0.6 is 0 Å². The molecule has 1 unspecified atom stereocenters. The summed E-state index contributed by atoms with van der Waals surface area (Å²) >= 11 is 0. The molecule has 172 valence electrons. The molecule has 1 aliphatic heterocycles. The fourth-order valence-corrected chi connectivity index (χ4v) is 4.35. The van der Waals surface area contributed by atoms with Gasteiger partial charge < -0.3 is 19.5 Å². The number of benzene rings is 1. The fraction of sp³-hybridized carbons (Fsp3) is 0.346. The van der Waals surface area contributed by atoms with Crippen LogP contribution < -0.4 is 5.32 Å². The summed E-state index contributed by atoms with van der Waals surface area (Å²) in [5, 5.41) is 3.07. The van der Waals surface area contributed by atoms with Crippen molar-refractivity contribution in [3.8, 4) is 0 Å². The normalized spacial score (nSPS) is 16.2. The van der Waals surface area contributed by atoms with Gasteiger partial charge in [0.25, 0.3) is 5.91 Å². The molecule has 0 aliphatic carbocycles. The van der Waals surface area contributed by atoms with Crippen molar-refractivity contribution in [2.75, 3.05) is 20.6 Å². The summed E-state index contributed by atoms with van der Waals surface area (Å²) < 4.78 is 1.87. The first-order chi connectivity index (χ1) is 15.9. The third-order valence-corrected chi connectivity index (χ3v) is 6.42. The Morgan fingerprint density at radius 2 is 2.06 bits per heavy atom. The van der Waals surface area contributed by atoms with E-state index < -0.39 is 0 Å². The van der Waals surface area contributed by atoms with Gasteiger partial charge in [-0.25, -0.2) is 4.98 Å². The average molecular weight is 446 g/mol. The minimum absolute atomic E-state index is 0.0244. The zero-order chi connectivity index (χ0) is 23.4. The lowest BCUT2D eigenvalue weighted by molar-refractivity contribution is -0.124. The van der Waals surface area contributed by atoms with Gasteiger partial charge in [0.2, 0.25) is 5.91 Å². The van der Waals surface area contributed by atoms with Gasteiger partial charge in [-0.3, -0.25) is 9.59 Å². The maximum absolute atomic E-state index is 13.5. The number of hydrogen-bond donors (Lipinski definition) is 1. The minimum Gasteiger partial charge on any atom is -0.369 e. The van der Waals surface area contributed by atoms with E-state index in [4.69, 9.17) is 0 Å². The Balaban J connectivity index is 1.48. The molecule has 3 aromatic rings. The number of imidazole rings is 1. The van der Waals surface area contributed by atoms with Gasteiger partial charge in [-0.05, 0) is 49.6 Å². The number of amides is 2. The standard InChI is InChI=1S/C26H31N5O2/c1-19-16-24-27-13-15-31(24)18-22(19)26(33)30(3)21(17-20-8-5-4-6-9-20)11-12-28-25(32)23-10-7-14-29(23)2/h4-9,13-16,18,21,23H,10-12,17H2,1-3H3,(H,28,32)/t21-,23?/m1/s1. The van der Waals surface area contributed by atoms with E-state index in [1.807, 2.05) is 84.2 Å². The van der Waals surface area contributed by atoms with Crippen LogP contribution in [0, 0.1) is 6.92 Å². The number of pyridine rings is 1. The molecule has 0 saturated heterocycles. The first-order valence-electron chi connectivity index (χ1n) is 11.3. The Hall–Kier alpha value is -3.61. The van der Waals surface area contributed by atoms with E-state index in [0.29, 0.717) is 18.5 Å². The molecular weight excluding hydrogens is 414 g/mol. The van der Waals surface area contributed by atoms with Gasteiger partial charge >= 0.3 is 0 Å². The monoisotopic (exact) mass is 445 g/mol. The number of aryl methyl sites for hydroxylation is 1. The highest BCUT2D eigenvalue weighted by molar-refractivity contribution is 5.95. The SMILES string of the molecule is Cc1cc2nccn2cc1C(=O)N(C)[C@H](CCNC(=O)C1CC=CN1C)Cc1ccccc1. The Bertz CT molecular complexity index is 1150. The van der Waals surface area contributed by atoms with E-state index >= 15 is 0 Å². The van der Waals surface area contributed by atoms with Gasteiger partial charge in [0.1, 0.15) is 11.7 Å². The molecule has 0 fully saturated rings. The second-order valence-electron chi connectivity index (χ2n) is 8.70. The van der Waals surface area contributed by atoms with Crippen molar-refractivity contribution in [3.63, 3.8) is 0 Å². The van der Waals surface area contributed by atoms with Crippen LogP contribution in [0.1, 0.15) is 34.3 Å². The molecule has 0 bridgehead atoms. The lowest BCUT2D eigenvalue weighted by atomic mass is 10.0. The lowest BCUT2D eigenvalue weighted by Crippen LogP contribution is -2.44. The van der Waals surface area contributed by atoms with Crippen LogP contribution in [-0.2, 0) is 11.2 Å². The van der Waals surface area contributed by atoms with E-state index in [1.54, 1.807) is 6.20 Å². The number of aromatic nitrogens is 2. The molecule has 7 heteroatoms. The molecule has 0 radical (unpaired) electrons. The highest BCUT2D eigenvalue weighted by Gasteiger charge is 2.26. The quantitative estimate of drug-likeness (QED) is 0.579. The van der Waals surface area contributed by atoms with E-state index in [0.717, 1.165) is 29.6 Å². The maximum atomic E-state index is 13.5. The summed E-state index contributed by atoms with van der Waals surface area (Å²) in [6.45, 7) is 2.45. The number of hydrogen-bond acceptors (Lipinski definition) is 4. The van der Waals surface area contributed by atoms with Gasteiger partial charge in [0.05, 0.1) is 5.56 Å². The summed E-state index contributed by atoms with van der Waals surface area (Å²) in [5.41, 5.74) is 3.54. The van der Waals surface area contributed by atoms with Crippen molar-refractivity contribution in [3.05, 3.63) is 84.0 Å². The fourth-order valence-electron chi connectivity index (χ4n) is 4.35. The maximum Gasteiger partial charge on any atom is 0.255 e. The van der Waals surface area contributed by atoms with Crippen molar-refractivity contribution in [2.24, 2.45) is 0 Å². The lowest BCUT2D eigenvalue weighted by Gasteiger charge is -2.30. The van der Waals surface area contributed by atoms with Crippen LogP contribution in [0.25, 0.3) is 5.65 Å². The molecule has 4 rings (SSSR count). The Kier molecular flexibility index (Phi) is 6.77. The first-order valence-corrected chi connectivity index (χ1v) is 11.3. The van der Waals surface area contributed by atoms with Gasteiger partial charge in [-0.1, -0.05) is 36.4 Å². The van der Waals surface area contributed by atoms with Crippen molar-refractivity contribution in [2.45, 2.75) is 38.3 Å². The summed E-state index contributed by atoms with van der Waals surface area (Å²) in [6.07, 6.45) is 11.5. The van der Waals surface area contributed by atoms with Crippen LogP contribution in [0.2, 0.25) is 0 Å². The number of nitrogens with zero attached hydrogens (tertiary/aromatic N) is 4. The highest BCUT2D eigenvalue weighted by atomic mass is 16.2. The predicted octanol–water partition coefficient (Wildman–Crippen LogP) is 3.05. The number of likely N-dealkylation sites (N-methyl/N-ethyl adjacent to an activating group) is 2. The topological polar surface area (TPSA) is 70.0 Å². The van der Waals surface area contributed by atoms with Gasteiger partial charge in [0, 0.05) is 45.3 Å². The molecule has 33 heavy (non-hydrogen) atoms. The molecule has 1 aromatic carbocycles. The Morgan fingerprint density at radius 3 is 2.79 bits per heavy atom. The minimum atomic E-state index is -0.151. The van der Waals surface area contributed by atoms with Crippen LogP contribution in [0.5, 0.6) is 0 Å². The molecule has 2 aromatic heterocycles. The van der Waals surface area contributed by atoms with Crippen LogP contribution in [0.15, 0.2) is 67.3 Å². The summed E-state index contributed by atoms with van der Waals surface area (Å²) in [5.74, 6) is -0.00794. The van der Waals surface area contributed by atoms with E-state index in [9.17, 15) is 9.59 Å². The Labute approximate surface area is 194 Å². The zero-order valence-corrected chi connectivity index (χ0v) is 19.4. The molecule has 1 aliphatic rings. The third-order valence-electron chi connectivity index (χ3n) is 6.42. The average Bonchev–Trinajstić information content (AvgIpc) is 3.45. The van der Waals surface area contributed by atoms with Gasteiger partial charge in [0.15, 0.2) is 0 Å². The van der Waals surface area contributed by atoms with Crippen molar-refractivity contribution in [1.82, 2.24) is 24.5 Å². The number of nitrogens with one attached hydrogen (secondary N) is 1. The molecular formula is C26H31N5O2. The van der Waals surface area contributed by atoms with Crippen LogP contribution in [-0.4, -0.2) is 63.7 Å². The van der Waals surface area contributed by atoms with Crippen LogP contribution in [0.4, 0.5) is 0 Å². The first kappa shape index (κ1) is 22.6. The second kappa shape index (κ2) is 9.90. The zero-order valence-electron chi connectivity index (χ0n) is 19.4. The number of carbonyl (C=O) groups excluding carboxylic acids is 2. The van der Waals surface area contributed by atoms with Crippen molar-refractivity contribution < 1.29 is 9.59 Å². The van der Waals surface area contributed by atoms with Gasteiger partial charge in [-0.2, -0.15) is 0 Å². The number of rotatable bonds is 8.